The Morgan fingerprint density at radius 2 is 1.95 bits per heavy atom. The Morgan fingerprint density at radius 3 is 2.55 bits per heavy atom. The number of aromatic nitrogens is 1. The zero-order chi connectivity index (χ0) is 14.5. The third-order valence-electron chi connectivity index (χ3n) is 3.17. The largest absolute Gasteiger partial charge is 0.388 e. The van der Waals surface area contributed by atoms with E-state index in [9.17, 15) is 4.79 Å². The minimum Gasteiger partial charge on any atom is -0.388 e. The van der Waals surface area contributed by atoms with Crippen LogP contribution in [0.1, 0.15) is 23.0 Å². The van der Waals surface area contributed by atoms with E-state index in [1.165, 1.54) is 5.56 Å². The van der Waals surface area contributed by atoms with Gasteiger partial charge >= 0.3 is 0 Å². The first-order valence-electron chi connectivity index (χ1n) is 6.68. The highest BCUT2D eigenvalue weighted by Crippen LogP contribution is 2.18. The van der Waals surface area contributed by atoms with Crippen LogP contribution in [0.4, 0.5) is 11.4 Å². The molecule has 1 heterocycles. The highest BCUT2D eigenvalue weighted by molar-refractivity contribution is 6.05. The van der Waals surface area contributed by atoms with Crippen LogP contribution in [0.5, 0.6) is 0 Å². The molecule has 2 rings (SSSR count). The van der Waals surface area contributed by atoms with Crippen LogP contribution >= 0.6 is 0 Å². The molecule has 0 aliphatic heterocycles. The van der Waals surface area contributed by atoms with Crippen molar-refractivity contribution in [2.45, 2.75) is 13.8 Å². The lowest BCUT2D eigenvalue weighted by Gasteiger charge is -2.21. The minimum atomic E-state index is -0.0894. The van der Waals surface area contributed by atoms with E-state index in [-0.39, 0.29) is 5.91 Å². The zero-order valence-electron chi connectivity index (χ0n) is 12.1. The Balaban J connectivity index is 2.31. The fraction of sp³-hybridized carbons (Fsp3) is 0.250. The van der Waals surface area contributed by atoms with E-state index in [0.717, 1.165) is 11.4 Å². The maximum Gasteiger partial charge on any atom is 0.276 e. The summed E-state index contributed by atoms with van der Waals surface area (Å²) in [4.78, 5) is 18.5. The first-order valence-corrected chi connectivity index (χ1v) is 6.68. The number of nitrogens with zero attached hydrogens (tertiary/aromatic N) is 2. The highest BCUT2D eigenvalue weighted by atomic mass is 16.2. The van der Waals surface area contributed by atoms with Crippen LogP contribution in [-0.4, -0.2) is 24.5 Å². The Hall–Kier alpha value is -2.36. The van der Waals surface area contributed by atoms with E-state index < -0.39 is 0 Å². The van der Waals surface area contributed by atoms with E-state index in [1.54, 1.807) is 17.2 Å². The van der Waals surface area contributed by atoms with Gasteiger partial charge in [0.2, 0.25) is 0 Å². The molecule has 104 valence electrons. The van der Waals surface area contributed by atoms with Crippen molar-refractivity contribution >= 4 is 17.3 Å². The van der Waals surface area contributed by atoms with Gasteiger partial charge in [-0.15, -0.1) is 0 Å². The molecule has 1 aromatic heterocycles. The lowest BCUT2D eigenvalue weighted by atomic mass is 10.2. The summed E-state index contributed by atoms with van der Waals surface area (Å²) in [5.74, 6) is -0.0894. The third kappa shape index (κ3) is 2.96. The molecule has 1 amide bonds. The van der Waals surface area contributed by atoms with Crippen LogP contribution in [0.25, 0.3) is 0 Å². The second kappa shape index (κ2) is 6.19. The fourth-order valence-corrected chi connectivity index (χ4v) is 2.01. The number of nitrogens with one attached hydrogen (secondary N) is 1. The molecule has 0 fully saturated rings. The van der Waals surface area contributed by atoms with Gasteiger partial charge in [0.15, 0.2) is 0 Å². The maximum absolute atomic E-state index is 12.6. The lowest BCUT2D eigenvalue weighted by molar-refractivity contribution is 0.0983. The minimum absolute atomic E-state index is 0.0894. The number of rotatable bonds is 4. The molecule has 0 saturated carbocycles. The molecule has 0 aliphatic carbocycles. The average Bonchev–Trinajstić information content (AvgIpc) is 2.50. The SMILES string of the molecule is CCN(C(=O)c1cc(NC)ccn1)c1ccc(C)cc1. The number of carbonyl (C=O) groups excluding carboxylic acids is 1. The van der Waals surface area contributed by atoms with Gasteiger partial charge in [-0.05, 0) is 38.1 Å². The molecular weight excluding hydrogens is 250 g/mol. The summed E-state index contributed by atoms with van der Waals surface area (Å²) >= 11 is 0. The molecule has 1 aromatic carbocycles. The van der Waals surface area contributed by atoms with Crippen molar-refractivity contribution in [3.05, 3.63) is 53.9 Å². The van der Waals surface area contributed by atoms with Gasteiger partial charge in [0.05, 0.1) is 0 Å². The Morgan fingerprint density at radius 1 is 1.25 bits per heavy atom. The highest BCUT2D eigenvalue weighted by Gasteiger charge is 2.17. The van der Waals surface area contributed by atoms with Crippen LogP contribution < -0.4 is 10.2 Å². The molecule has 0 spiro atoms. The molecule has 0 bridgehead atoms. The van der Waals surface area contributed by atoms with Crippen LogP contribution in [-0.2, 0) is 0 Å². The number of carbonyl (C=O) groups is 1. The molecule has 0 aliphatic rings. The van der Waals surface area contributed by atoms with E-state index in [1.807, 2.05) is 51.2 Å². The van der Waals surface area contributed by atoms with E-state index >= 15 is 0 Å². The fourth-order valence-electron chi connectivity index (χ4n) is 2.01. The number of amides is 1. The standard InChI is InChI=1S/C16H19N3O/c1-4-19(14-7-5-12(2)6-8-14)16(20)15-11-13(17-3)9-10-18-15/h5-11H,4H2,1-3H3,(H,17,18). The number of hydrogen-bond acceptors (Lipinski definition) is 3. The van der Waals surface area contributed by atoms with Crippen molar-refractivity contribution in [1.29, 1.82) is 0 Å². The molecule has 1 N–H and O–H groups in total. The molecular formula is C16H19N3O. The van der Waals surface area contributed by atoms with E-state index in [0.29, 0.717) is 12.2 Å². The summed E-state index contributed by atoms with van der Waals surface area (Å²) in [6.45, 7) is 4.59. The second-order valence-electron chi connectivity index (χ2n) is 4.56. The van der Waals surface area contributed by atoms with Crippen molar-refractivity contribution in [1.82, 2.24) is 4.98 Å². The van der Waals surface area contributed by atoms with Crippen molar-refractivity contribution in [2.24, 2.45) is 0 Å². The summed E-state index contributed by atoms with van der Waals surface area (Å²) in [7, 11) is 1.82. The molecule has 0 saturated heterocycles. The number of aryl methyl sites for hydroxylation is 1. The zero-order valence-corrected chi connectivity index (χ0v) is 12.1. The molecule has 0 unspecified atom stereocenters. The molecule has 4 nitrogen and oxygen atoms in total. The van der Waals surface area contributed by atoms with Gasteiger partial charge in [-0.2, -0.15) is 0 Å². The average molecular weight is 269 g/mol. The van der Waals surface area contributed by atoms with E-state index in [4.69, 9.17) is 0 Å². The summed E-state index contributed by atoms with van der Waals surface area (Å²) in [6, 6.07) is 11.5. The van der Waals surface area contributed by atoms with Gasteiger partial charge in [-0.1, -0.05) is 17.7 Å². The first kappa shape index (κ1) is 14.1. The second-order valence-corrected chi connectivity index (χ2v) is 4.56. The van der Waals surface area contributed by atoms with Gasteiger partial charge in [0.1, 0.15) is 5.69 Å². The summed E-state index contributed by atoms with van der Waals surface area (Å²) < 4.78 is 0. The first-order chi connectivity index (χ1) is 9.65. The number of hydrogen-bond donors (Lipinski definition) is 1. The van der Waals surface area contributed by atoms with Crippen molar-refractivity contribution in [3.63, 3.8) is 0 Å². The van der Waals surface area contributed by atoms with Gasteiger partial charge in [-0.3, -0.25) is 9.78 Å². The molecule has 20 heavy (non-hydrogen) atoms. The smallest absolute Gasteiger partial charge is 0.276 e. The summed E-state index contributed by atoms with van der Waals surface area (Å²) in [6.07, 6.45) is 1.64. The Bertz CT molecular complexity index is 593. The van der Waals surface area contributed by atoms with Gasteiger partial charge < -0.3 is 10.2 Å². The van der Waals surface area contributed by atoms with Crippen LogP contribution in [0.15, 0.2) is 42.6 Å². The normalized spacial score (nSPS) is 10.2. The van der Waals surface area contributed by atoms with Crippen molar-refractivity contribution in [3.8, 4) is 0 Å². The van der Waals surface area contributed by atoms with Gasteiger partial charge in [-0.25, -0.2) is 0 Å². The number of benzene rings is 1. The van der Waals surface area contributed by atoms with Gasteiger partial charge in [0, 0.05) is 31.2 Å². The summed E-state index contributed by atoms with van der Waals surface area (Å²) in [5.41, 5.74) is 3.38. The quantitative estimate of drug-likeness (QED) is 0.927. The third-order valence-corrected chi connectivity index (χ3v) is 3.17. The Kier molecular flexibility index (Phi) is 4.35. The van der Waals surface area contributed by atoms with Crippen molar-refractivity contribution < 1.29 is 4.79 Å². The van der Waals surface area contributed by atoms with Crippen LogP contribution in [0, 0.1) is 6.92 Å². The molecule has 0 atom stereocenters. The number of anilines is 2. The maximum atomic E-state index is 12.6. The Labute approximate surface area is 119 Å². The van der Waals surface area contributed by atoms with Crippen molar-refractivity contribution in [2.75, 3.05) is 23.8 Å². The van der Waals surface area contributed by atoms with Crippen LogP contribution in [0.3, 0.4) is 0 Å². The molecule has 0 radical (unpaired) electrons. The predicted octanol–water partition coefficient (Wildman–Crippen LogP) is 3.10. The molecule has 2 aromatic rings. The van der Waals surface area contributed by atoms with Crippen LogP contribution in [0.2, 0.25) is 0 Å². The summed E-state index contributed by atoms with van der Waals surface area (Å²) in [5, 5.41) is 3.02. The monoisotopic (exact) mass is 269 g/mol. The topological polar surface area (TPSA) is 45.2 Å². The molecule has 4 heteroatoms. The number of pyridine rings is 1. The van der Waals surface area contributed by atoms with E-state index in [2.05, 4.69) is 10.3 Å². The lowest BCUT2D eigenvalue weighted by Crippen LogP contribution is -2.31. The van der Waals surface area contributed by atoms with Gasteiger partial charge in [0.25, 0.3) is 5.91 Å². The predicted molar refractivity (Wildman–Crippen MR) is 82.3 cm³/mol.